The fraction of sp³-hybridized carbons (Fsp3) is 0.545. The Hall–Kier alpha value is -1.10. The van der Waals surface area contributed by atoms with Gasteiger partial charge >= 0.3 is 11.9 Å². The van der Waals surface area contributed by atoms with E-state index in [1.165, 1.54) is 16.7 Å². The van der Waals surface area contributed by atoms with Crippen LogP contribution in [-0.2, 0) is 4.79 Å². The summed E-state index contributed by atoms with van der Waals surface area (Å²) in [5.41, 5.74) is 0.813. The second kappa shape index (κ2) is 4.41. The maximum Gasteiger partial charge on any atom is 0.500 e. The SMILES string of the molecule is CCCCN1C(=O)C2SC=CC2=[N+](C)C1=O. The number of rotatable bonds is 3. The minimum atomic E-state index is -0.209. The summed E-state index contributed by atoms with van der Waals surface area (Å²) in [6.07, 6.45) is 3.70. The second-order valence-corrected chi connectivity index (χ2v) is 4.94. The van der Waals surface area contributed by atoms with Crippen molar-refractivity contribution >= 4 is 29.4 Å². The number of hydrogen-bond donors (Lipinski definition) is 0. The molecule has 0 radical (unpaired) electrons. The van der Waals surface area contributed by atoms with Gasteiger partial charge in [-0.2, -0.15) is 14.3 Å². The Morgan fingerprint density at radius 2 is 2.25 bits per heavy atom. The molecule has 3 amide bonds. The fourth-order valence-corrected chi connectivity index (χ4v) is 2.86. The molecule has 0 spiro atoms. The van der Waals surface area contributed by atoms with Crippen molar-refractivity contribution in [3.63, 3.8) is 0 Å². The van der Waals surface area contributed by atoms with Gasteiger partial charge in [0, 0.05) is 0 Å². The van der Waals surface area contributed by atoms with Crippen molar-refractivity contribution in [1.82, 2.24) is 4.90 Å². The van der Waals surface area contributed by atoms with Crippen molar-refractivity contribution in [3.05, 3.63) is 11.5 Å². The predicted molar refractivity (Wildman–Crippen MR) is 63.7 cm³/mol. The first-order valence-electron chi connectivity index (χ1n) is 5.44. The molecule has 0 aromatic heterocycles. The van der Waals surface area contributed by atoms with E-state index in [2.05, 4.69) is 0 Å². The molecule has 2 rings (SSSR count). The summed E-state index contributed by atoms with van der Waals surface area (Å²) in [6.45, 7) is 2.58. The van der Waals surface area contributed by atoms with Crippen LogP contribution in [0.4, 0.5) is 4.79 Å². The first kappa shape index (κ1) is 11.4. The maximum absolute atomic E-state index is 12.1. The Kier molecular flexibility index (Phi) is 3.14. The van der Waals surface area contributed by atoms with Crippen LogP contribution in [0.3, 0.4) is 0 Å². The number of amides is 3. The Labute approximate surface area is 99.0 Å². The predicted octanol–water partition coefficient (Wildman–Crippen LogP) is 1.46. The molecule has 5 heteroatoms. The number of hydrogen-bond acceptors (Lipinski definition) is 3. The average molecular weight is 239 g/mol. The molecular weight excluding hydrogens is 224 g/mol. The minimum absolute atomic E-state index is 0.0680. The summed E-state index contributed by atoms with van der Waals surface area (Å²) in [7, 11) is 1.73. The molecule has 1 unspecified atom stereocenters. The molecule has 4 nitrogen and oxygen atoms in total. The van der Waals surface area contributed by atoms with Crippen molar-refractivity contribution < 1.29 is 14.2 Å². The van der Waals surface area contributed by atoms with Gasteiger partial charge in [0.1, 0.15) is 5.71 Å². The van der Waals surface area contributed by atoms with Gasteiger partial charge in [-0.25, -0.2) is 4.79 Å². The highest BCUT2D eigenvalue weighted by Gasteiger charge is 2.47. The van der Waals surface area contributed by atoms with E-state index >= 15 is 0 Å². The normalized spacial score (nSPS) is 24.4. The van der Waals surface area contributed by atoms with Gasteiger partial charge in [-0.3, -0.25) is 0 Å². The highest BCUT2D eigenvalue weighted by Crippen LogP contribution is 2.27. The molecule has 0 aromatic carbocycles. The van der Waals surface area contributed by atoms with Crippen LogP contribution in [0.1, 0.15) is 19.8 Å². The summed E-state index contributed by atoms with van der Waals surface area (Å²) in [6, 6.07) is -0.197. The lowest BCUT2D eigenvalue weighted by Gasteiger charge is -2.22. The van der Waals surface area contributed by atoms with E-state index in [0.717, 1.165) is 18.6 Å². The van der Waals surface area contributed by atoms with E-state index in [1.807, 2.05) is 18.4 Å². The number of carbonyl (C=O) groups excluding carboxylic acids is 2. The van der Waals surface area contributed by atoms with Crippen molar-refractivity contribution in [1.29, 1.82) is 0 Å². The topological polar surface area (TPSA) is 40.4 Å². The molecule has 0 N–H and O–H groups in total. The van der Waals surface area contributed by atoms with Crippen LogP contribution in [0.25, 0.3) is 0 Å². The molecule has 16 heavy (non-hydrogen) atoms. The number of nitrogens with zero attached hydrogens (tertiary/aromatic N) is 2. The van der Waals surface area contributed by atoms with E-state index in [9.17, 15) is 9.59 Å². The molecular formula is C11H15N2O2S+. The third kappa shape index (κ3) is 1.69. The van der Waals surface area contributed by atoms with Gasteiger partial charge in [0.05, 0.1) is 13.6 Å². The van der Waals surface area contributed by atoms with Crippen LogP contribution < -0.4 is 0 Å². The maximum atomic E-state index is 12.1. The molecule has 0 aromatic rings. The highest BCUT2D eigenvalue weighted by molar-refractivity contribution is 8.04. The number of thioether (sulfide) groups is 1. The van der Waals surface area contributed by atoms with Crippen molar-refractivity contribution in [2.75, 3.05) is 13.6 Å². The zero-order valence-corrected chi connectivity index (χ0v) is 10.3. The first-order chi connectivity index (χ1) is 7.66. The summed E-state index contributed by atoms with van der Waals surface area (Å²) in [5, 5.41) is 1.67. The van der Waals surface area contributed by atoms with E-state index in [1.54, 1.807) is 11.6 Å². The van der Waals surface area contributed by atoms with Gasteiger partial charge in [0.15, 0.2) is 5.25 Å². The Morgan fingerprint density at radius 3 is 2.94 bits per heavy atom. The van der Waals surface area contributed by atoms with Gasteiger partial charge in [-0.05, 0) is 17.9 Å². The molecule has 0 saturated carbocycles. The largest absolute Gasteiger partial charge is 0.500 e. The number of urea groups is 1. The third-order valence-corrected chi connectivity index (χ3v) is 3.86. The van der Waals surface area contributed by atoms with Crippen LogP contribution in [0.5, 0.6) is 0 Å². The zero-order valence-electron chi connectivity index (χ0n) is 9.47. The smallest absolute Gasteiger partial charge is 0.245 e. The Balaban J connectivity index is 2.27. The number of imide groups is 1. The van der Waals surface area contributed by atoms with Crippen molar-refractivity contribution in [3.8, 4) is 0 Å². The summed E-state index contributed by atoms with van der Waals surface area (Å²) < 4.78 is 1.58. The van der Waals surface area contributed by atoms with Crippen molar-refractivity contribution in [2.45, 2.75) is 25.0 Å². The first-order valence-corrected chi connectivity index (χ1v) is 6.39. The van der Waals surface area contributed by atoms with Gasteiger partial charge in [0.2, 0.25) is 0 Å². The molecule has 86 valence electrons. The highest BCUT2D eigenvalue weighted by atomic mass is 32.2. The van der Waals surface area contributed by atoms with E-state index in [4.69, 9.17) is 0 Å². The standard InChI is InChI=1S/C11H15N2O2S/c1-3-4-6-13-10(14)9-8(5-7-16-9)12(2)11(13)15/h5,7,9H,3-4,6H2,1-2H3/q+1. The van der Waals surface area contributed by atoms with Crippen LogP contribution in [0, 0.1) is 0 Å². The van der Waals surface area contributed by atoms with Gasteiger partial charge in [0.25, 0.3) is 0 Å². The third-order valence-electron chi connectivity index (χ3n) is 2.85. The van der Waals surface area contributed by atoms with E-state index < -0.39 is 0 Å². The minimum Gasteiger partial charge on any atom is -0.245 e. The molecule has 0 aliphatic carbocycles. The summed E-state index contributed by atoms with van der Waals surface area (Å²) in [5.74, 6) is -0.0680. The summed E-state index contributed by atoms with van der Waals surface area (Å²) in [4.78, 5) is 25.4. The van der Waals surface area contributed by atoms with Gasteiger partial charge < -0.3 is 0 Å². The zero-order chi connectivity index (χ0) is 11.7. The van der Waals surface area contributed by atoms with E-state index in [0.29, 0.717) is 6.54 Å². The molecule has 0 fully saturated rings. The van der Waals surface area contributed by atoms with Crippen LogP contribution in [0.15, 0.2) is 11.5 Å². The monoisotopic (exact) mass is 239 g/mol. The molecule has 2 heterocycles. The molecule has 1 atom stereocenters. The van der Waals surface area contributed by atoms with E-state index in [-0.39, 0.29) is 17.2 Å². The van der Waals surface area contributed by atoms with Crippen molar-refractivity contribution in [2.24, 2.45) is 0 Å². The lowest BCUT2D eigenvalue weighted by atomic mass is 10.2. The van der Waals surface area contributed by atoms with Crippen LogP contribution in [0.2, 0.25) is 0 Å². The second-order valence-electron chi connectivity index (χ2n) is 3.93. The van der Waals surface area contributed by atoms with Gasteiger partial charge in [-0.1, -0.05) is 13.3 Å². The summed E-state index contributed by atoms with van der Waals surface area (Å²) >= 11 is 1.47. The van der Waals surface area contributed by atoms with Crippen LogP contribution >= 0.6 is 11.8 Å². The quantitative estimate of drug-likeness (QED) is 0.700. The molecule has 2 aliphatic heterocycles. The van der Waals surface area contributed by atoms with Crippen LogP contribution in [-0.4, -0.2) is 46.0 Å². The molecule has 0 saturated heterocycles. The number of fused-ring (bicyclic) bond motifs is 1. The fourth-order valence-electron chi connectivity index (χ4n) is 1.87. The molecule has 2 aliphatic rings. The lowest BCUT2D eigenvalue weighted by Crippen LogP contribution is -2.54. The molecule has 0 bridgehead atoms. The number of carbonyl (C=O) groups is 2. The number of allylic oxidation sites excluding steroid dienone is 1. The Bertz CT molecular complexity index is 401. The number of unbranched alkanes of at least 4 members (excludes halogenated alkanes) is 1. The van der Waals surface area contributed by atoms with Gasteiger partial charge in [-0.15, -0.1) is 11.8 Å². The Morgan fingerprint density at radius 1 is 1.50 bits per heavy atom. The lowest BCUT2D eigenvalue weighted by molar-refractivity contribution is -0.404. The average Bonchev–Trinajstić information content (AvgIpc) is 2.75.